The van der Waals surface area contributed by atoms with Crippen LogP contribution in [0.25, 0.3) is 11.1 Å². The molecule has 1 aliphatic heterocycles. The summed E-state index contributed by atoms with van der Waals surface area (Å²) >= 11 is 0. The van der Waals surface area contributed by atoms with Crippen LogP contribution in [0.3, 0.4) is 0 Å². The van der Waals surface area contributed by atoms with Crippen LogP contribution in [0.1, 0.15) is 81.0 Å². The third-order valence-corrected chi connectivity index (χ3v) is 8.04. The highest BCUT2D eigenvalue weighted by atomic mass is 16.6. The van der Waals surface area contributed by atoms with Crippen molar-refractivity contribution < 1.29 is 38.1 Å². The molecule has 254 valence electrons. The zero-order valence-electron chi connectivity index (χ0n) is 27.7. The second kappa shape index (κ2) is 19.7. The van der Waals surface area contributed by atoms with E-state index in [1.165, 1.54) is 6.08 Å². The lowest BCUT2D eigenvalue weighted by atomic mass is 10.1. The molecule has 1 heterocycles. The van der Waals surface area contributed by atoms with Crippen LogP contribution in [0.2, 0.25) is 0 Å². The van der Waals surface area contributed by atoms with Crippen molar-refractivity contribution >= 4 is 17.9 Å². The summed E-state index contributed by atoms with van der Waals surface area (Å²) in [6.07, 6.45) is 11.7. The SMILES string of the molecule is C=CC(=O)OCCCCCCCCOc1ccc(-c2ccc(OC(=O)c3ccc(OCCCCCC4CC(=C)C(=O)O4)cc3)cc2)cc1. The number of esters is 3. The molecule has 1 fully saturated rings. The Morgan fingerprint density at radius 2 is 1.19 bits per heavy atom. The number of unbranched alkanes of at least 4 members (excludes halogenated alkanes) is 7. The minimum absolute atomic E-state index is 0.0340. The minimum atomic E-state index is -0.433. The highest BCUT2D eigenvalue weighted by molar-refractivity contribution is 5.91. The summed E-state index contributed by atoms with van der Waals surface area (Å²) in [4.78, 5) is 35.1. The van der Waals surface area contributed by atoms with Crippen LogP contribution >= 0.6 is 0 Å². The largest absolute Gasteiger partial charge is 0.494 e. The maximum atomic E-state index is 12.7. The standard InChI is InChI=1S/C40H46O8/c1-3-38(41)46-28-11-7-5-4-6-10-26-44-34-20-14-31(15-21-34)32-16-24-36(25-17-32)47-40(43)33-18-22-35(23-19-33)45-27-12-8-9-13-37-29-30(2)39(42)48-37/h3,14-25,37H,1-2,4-13,26-29H2. The van der Waals surface area contributed by atoms with E-state index in [0.717, 1.165) is 81.1 Å². The maximum Gasteiger partial charge on any atom is 0.343 e. The molecule has 3 aromatic carbocycles. The Bertz CT molecular complexity index is 1460. The summed E-state index contributed by atoms with van der Waals surface area (Å²) in [5, 5.41) is 0. The third kappa shape index (κ3) is 12.4. The quantitative estimate of drug-likeness (QED) is 0.0487. The van der Waals surface area contributed by atoms with Crippen molar-refractivity contribution in [2.24, 2.45) is 0 Å². The fourth-order valence-corrected chi connectivity index (χ4v) is 5.28. The number of hydrogen-bond acceptors (Lipinski definition) is 8. The van der Waals surface area contributed by atoms with E-state index in [0.29, 0.717) is 48.9 Å². The van der Waals surface area contributed by atoms with E-state index in [2.05, 4.69) is 13.2 Å². The number of hydrogen-bond donors (Lipinski definition) is 0. The number of cyclic esters (lactones) is 1. The number of benzene rings is 3. The Morgan fingerprint density at radius 1 is 0.688 bits per heavy atom. The van der Waals surface area contributed by atoms with Crippen molar-refractivity contribution in [2.45, 2.75) is 76.7 Å². The van der Waals surface area contributed by atoms with Crippen LogP contribution in [-0.2, 0) is 19.1 Å². The van der Waals surface area contributed by atoms with Crippen molar-refractivity contribution in [1.82, 2.24) is 0 Å². The molecule has 1 saturated heterocycles. The fourth-order valence-electron chi connectivity index (χ4n) is 5.28. The van der Waals surface area contributed by atoms with Gasteiger partial charge in [0, 0.05) is 18.1 Å². The van der Waals surface area contributed by atoms with Gasteiger partial charge in [0.25, 0.3) is 0 Å². The Labute approximate surface area is 283 Å². The molecule has 0 bridgehead atoms. The van der Waals surface area contributed by atoms with Gasteiger partial charge in [0.15, 0.2) is 0 Å². The van der Waals surface area contributed by atoms with E-state index in [-0.39, 0.29) is 18.0 Å². The first kappa shape index (κ1) is 36.0. The van der Waals surface area contributed by atoms with E-state index in [4.69, 9.17) is 23.7 Å². The van der Waals surface area contributed by atoms with E-state index in [1.54, 1.807) is 36.4 Å². The Kier molecular flexibility index (Phi) is 14.8. The molecule has 48 heavy (non-hydrogen) atoms. The molecule has 0 aliphatic carbocycles. The molecule has 0 spiro atoms. The Morgan fingerprint density at radius 3 is 1.73 bits per heavy atom. The second-order valence-corrected chi connectivity index (χ2v) is 11.8. The van der Waals surface area contributed by atoms with Gasteiger partial charge in [-0.1, -0.05) is 63.1 Å². The number of carbonyl (C=O) groups excluding carboxylic acids is 3. The van der Waals surface area contributed by atoms with Crippen LogP contribution in [-0.4, -0.2) is 43.8 Å². The monoisotopic (exact) mass is 654 g/mol. The Hall–Kier alpha value is -4.85. The molecule has 8 nitrogen and oxygen atoms in total. The summed E-state index contributed by atoms with van der Waals surface area (Å²) in [6, 6.07) is 22.3. The molecule has 1 atom stereocenters. The summed E-state index contributed by atoms with van der Waals surface area (Å²) < 4.78 is 27.5. The highest BCUT2D eigenvalue weighted by Crippen LogP contribution is 2.26. The molecule has 0 N–H and O–H groups in total. The van der Waals surface area contributed by atoms with Crippen molar-refractivity contribution in [3.63, 3.8) is 0 Å². The van der Waals surface area contributed by atoms with Gasteiger partial charge in [-0.15, -0.1) is 0 Å². The van der Waals surface area contributed by atoms with E-state index in [1.807, 2.05) is 36.4 Å². The van der Waals surface area contributed by atoms with Gasteiger partial charge in [0.1, 0.15) is 23.4 Å². The van der Waals surface area contributed by atoms with Gasteiger partial charge in [-0.05, 0) is 98.2 Å². The molecule has 1 aliphatic rings. The van der Waals surface area contributed by atoms with E-state index < -0.39 is 5.97 Å². The van der Waals surface area contributed by atoms with Gasteiger partial charge in [0.05, 0.1) is 25.4 Å². The van der Waals surface area contributed by atoms with E-state index in [9.17, 15) is 14.4 Å². The van der Waals surface area contributed by atoms with Gasteiger partial charge in [-0.25, -0.2) is 14.4 Å². The third-order valence-electron chi connectivity index (χ3n) is 8.04. The van der Waals surface area contributed by atoms with Crippen LogP contribution in [0.4, 0.5) is 0 Å². The zero-order valence-corrected chi connectivity index (χ0v) is 27.7. The normalized spacial score (nSPS) is 13.9. The van der Waals surface area contributed by atoms with Gasteiger partial charge < -0.3 is 23.7 Å². The minimum Gasteiger partial charge on any atom is -0.494 e. The second-order valence-electron chi connectivity index (χ2n) is 11.8. The molecule has 0 radical (unpaired) electrons. The molecule has 0 aromatic heterocycles. The topological polar surface area (TPSA) is 97.4 Å². The van der Waals surface area contributed by atoms with Crippen LogP contribution in [0, 0.1) is 0 Å². The van der Waals surface area contributed by atoms with Gasteiger partial charge in [-0.3, -0.25) is 0 Å². The van der Waals surface area contributed by atoms with E-state index >= 15 is 0 Å². The molecule has 3 aromatic rings. The van der Waals surface area contributed by atoms with Crippen molar-refractivity contribution in [3.8, 4) is 28.4 Å². The first-order valence-corrected chi connectivity index (χ1v) is 16.9. The molecule has 0 amide bonds. The average Bonchev–Trinajstić information content (AvgIpc) is 3.43. The van der Waals surface area contributed by atoms with Gasteiger partial charge >= 0.3 is 17.9 Å². The molecule has 1 unspecified atom stereocenters. The lowest BCUT2D eigenvalue weighted by Crippen LogP contribution is -2.08. The summed E-state index contributed by atoms with van der Waals surface area (Å²) in [5.74, 6) is 0.938. The van der Waals surface area contributed by atoms with Crippen molar-refractivity contribution in [1.29, 1.82) is 0 Å². The lowest BCUT2D eigenvalue weighted by molar-refractivity contribution is -0.139. The summed E-state index contributed by atoms with van der Waals surface area (Å²) in [5.41, 5.74) is 3.06. The number of carbonyl (C=O) groups is 3. The predicted molar refractivity (Wildman–Crippen MR) is 185 cm³/mol. The maximum absolute atomic E-state index is 12.7. The fraction of sp³-hybridized carbons (Fsp3) is 0.375. The summed E-state index contributed by atoms with van der Waals surface area (Å²) in [6.45, 7) is 8.80. The smallest absolute Gasteiger partial charge is 0.343 e. The molecule has 4 rings (SSSR count). The average molecular weight is 655 g/mol. The number of ether oxygens (including phenoxy) is 5. The van der Waals surface area contributed by atoms with Crippen molar-refractivity contribution in [2.75, 3.05) is 19.8 Å². The molecular formula is C40H46O8. The lowest BCUT2D eigenvalue weighted by Gasteiger charge is -2.10. The van der Waals surface area contributed by atoms with Crippen LogP contribution in [0.15, 0.2) is 97.6 Å². The number of rotatable bonds is 21. The summed E-state index contributed by atoms with van der Waals surface area (Å²) in [7, 11) is 0. The van der Waals surface area contributed by atoms with Crippen molar-refractivity contribution in [3.05, 3.63) is 103 Å². The molecule has 8 heteroatoms. The zero-order chi connectivity index (χ0) is 34.0. The molecular weight excluding hydrogens is 608 g/mol. The van der Waals surface area contributed by atoms with Gasteiger partial charge in [0.2, 0.25) is 0 Å². The molecule has 0 saturated carbocycles. The first-order valence-electron chi connectivity index (χ1n) is 16.9. The highest BCUT2D eigenvalue weighted by Gasteiger charge is 2.26. The first-order chi connectivity index (χ1) is 23.4. The van der Waals surface area contributed by atoms with Crippen LogP contribution < -0.4 is 14.2 Å². The Balaban J connectivity index is 1.08. The van der Waals surface area contributed by atoms with Crippen LogP contribution in [0.5, 0.6) is 17.2 Å². The van der Waals surface area contributed by atoms with Gasteiger partial charge in [-0.2, -0.15) is 0 Å². The predicted octanol–water partition coefficient (Wildman–Crippen LogP) is 8.83.